The summed E-state index contributed by atoms with van der Waals surface area (Å²) in [5.41, 5.74) is 0.438. The van der Waals surface area contributed by atoms with E-state index in [-0.39, 0.29) is 11.0 Å². The van der Waals surface area contributed by atoms with Gasteiger partial charge in [-0.3, -0.25) is 10.1 Å². The van der Waals surface area contributed by atoms with Crippen LogP contribution in [0.5, 0.6) is 0 Å². The molecule has 1 aromatic heterocycles. The molecule has 3 nitrogen and oxygen atoms in total. The molecule has 1 heterocycles. The molecule has 0 aliphatic heterocycles. The molecule has 3 rings (SSSR count). The molecule has 8 heteroatoms. The fraction of sp³-hybridized carbons (Fsp3) is 0. The minimum atomic E-state index is -0.387. The van der Waals surface area contributed by atoms with Crippen LogP contribution < -0.4 is 10.6 Å². The third-order valence-corrected chi connectivity index (χ3v) is 5.68. The van der Waals surface area contributed by atoms with Gasteiger partial charge in [-0.2, -0.15) is 0 Å². The first-order valence-corrected chi connectivity index (χ1v) is 9.06. The average molecular weight is 416 g/mol. The molecule has 3 aromatic rings. The van der Waals surface area contributed by atoms with E-state index in [0.29, 0.717) is 25.6 Å². The molecule has 0 fully saturated rings. The summed E-state index contributed by atoms with van der Waals surface area (Å²) in [6, 6.07) is 12.6. The number of fused-ring (bicyclic) bond motifs is 1. The number of thiocarbonyl (C=S) groups is 1. The second-order valence-electron chi connectivity index (χ2n) is 4.75. The van der Waals surface area contributed by atoms with Gasteiger partial charge in [-0.15, -0.1) is 11.3 Å². The van der Waals surface area contributed by atoms with Crippen molar-refractivity contribution in [2.75, 3.05) is 5.32 Å². The highest BCUT2D eigenvalue weighted by Gasteiger charge is 2.18. The third kappa shape index (κ3) is 3.50. The van der Waals surface area contributed by atoms with Crippen LogP contribution >= 0.6 is 58.4 Å². The number of halogens is 3. The Labute approximate surface area is 162 Å². The van der Waals surface area contributed by atoms with Gasteiger partial charge in [-0.1, -0.05) is 59.1 Å². The first-order chi connectivity index (χ1) is 11.5. The molecule has 0 radical (unpaired) electrons. The molecule has 122 valence electrons. The van der Waals surface area contributed by atoms with Crippen LogP contribution in [0.4, 0.5) is 5.69 Å². The number of amides is 1. The maximum Gasteiger partial charge on any atom is 0.269 e. The highest BCUT2D eigenvalue weighted by molar-refractivity contribution is 7.80. The molecule has 0 unspecified atom stereocenters. The molecule has 2 N–H and O–H groups in total. The lowest BCUT2D eigenvalue weighted by atomic mass is 10.2. The van der Waals surface area contributed by atoms with Crippen LogP contribution in [0.15, 0.2) is 42.5 Å². The lowest BCUT2D eigenvalue weighted by Gasteiger charge is -2.11. The van der Waals surface area contributed by atoms with Gasteiger partial charge in [0.2, 0.25) is 0 Å². The molecule has 24 heavy (non-hydrogen) atoms. The first-order valence-electron chi connectivity index (χ1n) is 6.70. The molecule has 0 saturated carbocycles. The fourth-order valence-corrected chi connectivity index (χ4v) is 4.18. The summed E-state index contributed by atoms with van der Waals surface area (Å²) >= 11 is 24.9. The van der Waals surface area contributed by atoms with E-state index < -0.39 is 0 Å². The maximum absolute atomic E-state index is 12.4. The summed E-state index contributed by atoms with van der Waals surface area (Å²) in [6.45, 7) is 0. The average Bonchev–Trinajstić information content (AvgIpc) is 2.89. The molecule has 0 saturated heterocycles. The number of carbonyl (C=O) groups is 1. The van der Waals surface area contributed by atoms with Crippen LogP contribution in [0.3, 0.4) is 0 Å². The smallest absolute Gasteiger partial charge is 0.269 e. The normalized spacial score (nSPS) is 10.6. The van der Waals surface area contributed by atoms with Gasteiger partial charge in [0.1, 0.15) is 4.88 Å². The molecule has 2 aromatic carbocycles. The Kier molecular flexibility index (Phi) is 5.27. The number of carbonyl (C=O) groups excluding carboxylic acids is 1. The summed E-state index contributed by atoms with van der Waals surface area (Å²) in [5.74, 6) is -0.387. The van der Waals surface area contributed by atoms with E-state index in [2.05, 4.69) is 10.6 Å². The van der Waals surface area contributed by atoms with Crippen LogP contribution in [-0.4, -0.2) is 11.0 Å². The summed E-state index contributed by atoms with van der Waals surface area (Å²) in [7, 11) is 0. The Morgan fingerprint density at radius 3 is 2.33 bits per heavy atom. The topological polar surface area (TPSA) is 41.1 Å². The van der Waals surface area contributed by atoms with E-state index >= 15 is 0 Å². The quantitative estimate of drug-likeness (QED) is 0.505. The van der Waals surface area contributed by atoms with E-state index in [0.717, 1.165) is 10.1 Å². The zero-order valence-electron chi connectivity index (χ0n) is 11.9. The van der Waals surface area contributed by atoms with E-state index in [1.807, 2.05) is 24.3 Å². The highest BCUT2D eigenvalue weighted by Crippen LogP contribution is 2.35. The molecular weight excluding hydrogens is 407 g/mol. The van der Waals surface area contributed by atoms with Crippen LogP contribution in [0, 0.1) is 0 Å². The minimum absolute atomic E-state index is 0.0866. The third-order valence-electron chi connectivity index (χ3n) is 3.17. The number of thiophene rings is 1. The number of benzene rings is 2. The second kappa shape index (κ2) is 7.25. The van der Waals surface area contributed by atoms with Crippen LogP contribution in [0.2, 0.25) is 15.1 Å². The van der Waals surface area contributed by atoms with Crippen molar-refractivity contribution in [2.45, 2.75) is 0 Å². The number of anilines is 1. The Bertz CT molecular complexity index is 935. The van der Waals surface area contributed by atoms with Gasteiger partial charge < -0.3 is 5.32 Å². The molecule has 1 amide bonds. The molecule has 0 aliphatic rings. The second-order valence-corrected chi connectivity index (χ2v) is 7.40. The molecule has 0 atom stereocenters. The number of hydrogen-bond donors (Lipinski definition) is 2. The molecule has 0 bridgehead atoms. The summed E-state index contributed by atoms with van der Waals surface area (Å²) in [5, 5.41) is 7.56. The van der Waals surface area contributed by atoms with Gasteiger partial charge in [0.05, 0.1) is 20.8 Å². The van der Waals surface area contributed by atoms with Crippen molar-refractivity contribution in [2.24, 2.45) is 0 Å². The minimum Gasteiger partial charge on any atom is -0.330 e. The summed E-state index contributed by atoms with van der Waals surface area (Å²) in [4.78, 5) is 12.8. The van der Waals surface area contributed by atoms with Gasteiger partial charge in [0.25, 0.3) is 5.91 Å². The Morgan fingerprint density at radius 2 is 1.67 bits per heavy atom. The lowest BCUT2D eigenvalue weighted by Crippen LogP contribution is -2.34. The Hall–Kier alpha value is -1.37. The van der Waals surface area contributed by atoms with Gasteiger partial charge >= 0.3 is 0 Å². The van der Waals surface area contributed by atoms with Crippen LogP contribution in [0.1, 0.15) is 9.67 Å². The number of nitrogens with one attached hydrogen (secondary N) is 2. The van der Waals surface area contributed by atoms with Crippen molar-refractivity contribution in [3.05, 3.63) is 62.4 Å². The largest absolute Gasteiger partial charge is 0.330 e. The predicted molar refractivity (Wildman–Crippen MR) is 107 cm³/mol. The maximum atomic E-state index is 12.4. The number of para-hydroxylation sites is 1. The van der Waals surface area contributed by atoms with Crippen molar-refractivity contribution >= 4 is 85.2 Å². The number of hydrogen-bond acceptors (Lipinski definition) is 3. The fourth-order valence-electron chi connectivity index (χ4n) is 2.08. The monoisotopic (exact) mass is 414 g/mol. The van der Waals surface area contributed by atoms with E-state index in [1.54, 1.807) is 18.2 Å². The van der Waals surface area contributed by atoms with Crippen LogP contribution in [0.25, 0.3) is 10.1 Å². The zero-order chi connectivity index (χ0) is 17.3. The van der Waals surface area contributed by atoms with Crippen molar-refractivity contribution < 1.29 is 4.79 Å². The van der Waals surface area contributed by atoms with Crippen molar-refractivity contribution in [1.82, 2.24) is 5.32 Å². The van der Waals surface area contributed by atoms with Crippen molar-refractivity contribution in [3.8, 4) is 0 Å². The first kappa shape index (κ1) is 17.5. The van der Waals surface area contributed by atoms with Gasteiger partial charge in [0.15, 0.2) is 5.11 Å². The predicted octanol–water partition coefficient (Wildman–Crippen LogP) is 5.99. The van der Waals surface area contributed by atoms with Gasteiger partial charge in [0, 0.05) is 10.1 Å². The van der Waals surface area contributed by atoms with Crippen molar-refractivity contribution in [3.63, 3.8) is 0 Å². The van der Waals surface area contributed by atoms with Crippen molar-refractivity contribution in [1.29, 1.82) is 0 Å². The Balaban J connectivity index is 1.79. The molecular formula is C16H9Cl3N2OS2. The SMILES string of the molecule is O=C(NC(=S)Nc1c(Cl)cccc1Cl)c1sc2ccccc2c1Cl. The Morgan fingerprint density at radius 1 is 1.00 bits per heavy atom. The standard InChI is InChI=1S/C16H9Cl3N2OS2/c17-9-5-3-6-10(18)13(9)20-16(23)21-15(22)14-12(19)8-4-1-2-7-11(8)24-14/h1-7H,(H2,20,21,22,23). The molecule has 0 aliphatic carbocycles. The zero-order valence-corrected chi connectivity index (χ0v) is 15.8. The van der Waals surface area contributed by atoms with Gasteiger partial charge in [-0.25, -0.2) is 0 Å². The van der Waals surface area contributed by atoms with E-state index in [4.69, 9.17) is 47.0 Å². The summed E-state index contributed by atoms with van der Waals surface area (Å²) < 4.78 is 0.931. The summed E-state index contributed by atoms with van der Waals surface area (Å²) in [6.07, 6.45) is 0. The van der Waals surface area contributed by atoms with E-state index in [9.17, 15) is 4.79 Å². The van der Waals surface area contributed by atoms with Crippen LogP contribution in [-0.2, 0) is 0 Å². The molecule has 0 spiro atoms. The highest BCUT2D eigenvalue weighted by atomic mass is 35.5. The number of rotatable bonds is 2. The van der Waals surface area contributed by atoms with E-state index in [1.165, 1.54) is 11.3 Å². The van der Waals surface area contributed by atoms with Gasteiger partial charge in [-0.05, 0) is 30.4 Å². The lowest BCUT2D eigenvalue weighted by molar-refractivity contribution is 0.0982.